The van der Waals surface area contributed by atoms with Crippen molar-refractivity contribution in [1.82, 2.24) is 9.55 Å². The third-order valence-corrected chi connectivity index (χ3v) is 4.66. The van der Waals surface area contributed by atoms with E-state index in [4.69, 9.17) is 17.0 Å². The molecule has 4 heteroatoms. The maximum atomic E-state index is 5.82. The molecule has 2 aromatic rings. The molecule has 0 atom stereocenters. The van der Waals surface area contributed by atoms with E-state index in [1.807, 2.05) is 6.07 Å². The van der Waals surface area contributed by atoms with Gasteiger partial charge in [-0.2, -0.15) is 0 Å². The van der Waals surface area contributed by atoms with Crippen molar-refractivity contribution >= 4 is 23.3 Å². The summed E-state index contributed by atoms with van der Waals surface area (Å²) in [6, 6.07) is 6.19. The van der Waals surface area contributed by atoms with Crippen molar-refractivity contribution < 1.29 is 4.74 Å². The van der Waals surface area contributed by atoms with Gasteiger partial charge in [0.1, 0.15) is 11.3 Å². The zero-order chi connectivity index (χ0) is 14.2. The average Bonchev–Trinajstić information content (AvgIpc) is 2.72. The Balaban J connectivity index is 2.00. The molecule has 1 aromatic carbocycles. The van der Waals surface area contributed by atoms with Crippen LogP contribution in [-0.4, -0.2) is 16.2 Å². The van der Waals surface area contributed by atoms with E-state index in [0.717, 1.165) is 41.1 Å². The number of para-hydroxylation sites is 1. The number of rotatable bonds is 5. The molecule has 3 rings (SSSR count). The molecular formula is C16H22N2OS. The first-order valence-electron chi connectivity index (χ1n) is 7.47. The highest BCUT2D eigenvalue weighted by Crippen LogP contribution is 2.42. The predicted molar refractivity (Wildman–Crippen MR) is 84.9 cm³/mol. The summed E-state index contributed by atoms with van der Waals surface area (Å²) in [7, 11) is 0. The van der Waals surface area contributed by atoms with Crippen LogP contribution in [0, 0.1) is 10.2 Å². The van der Waals surface area contributed by atoms with E-state index < -0.39 is 0 Å². The van der Waals surface area contributed by atoms with E-state index >= 15 is 0 Å². The summed E-state index contributed by atoms with van der Waals surface area (Å²) in [5.74, 6) is 0.910. The number of ether oxygens (including phenoxy) is 1. The maximum Gasteiger partial charge on any atom is 0.178 e. The Hall–Kier alpha value is -1.29. The Morgan fingerprint density at radius 3 is 2.85 bits per heavy atom. The van der Waals surface area contributed by atoms with Crippen LogP contribution in [0.3, 0.4) is 0 Å². The van der Waals surface area contributed by atoms with E-state index in [0.29, 0.717) is 5.41 Å². The van der Waals surface area contributed by atoms with Crippen molar-refractivity contribution in [3.63, 3.8) is 0 Å². The lowest BCUT2D eigenvalue weighted by atomic mass is 9.70. The molecule has 1 fully saturated rings. The molecule has 1 saturated carbocycles. The van der Waals surface area contributed by atoms with Crippen LogP contribution in [0.25, 0.3) is 11.0 Å². The molecule has 0 aliphatic heterocycles. The van der Waals surface area contributed by atoms with Gasteiger partial charge in [-0.05, 0) is 49.0 Å². The summed E-state index contributed by atoms with van der Waals surface area (Å²) in [6.07, 6.45) is 4.95. The fourth-order valence-corrected chi connectivity index (χ4v) is 3.23. The Morgan fingerprint density at radius 1 is 1.40 bits per heavy atom. The molecule has 1 aromatic heterocycles. The van der Waals surface area contributed by atoms with E-state index in [1.54, 1.807) is 0 Å². The van der Waals surface area contributed by atoms with Crippen LogP contribution in [0.2, 0.25) is 0 Å². The van der Waals surface area contributed by atoms with Crippen LogP contribution in [0.1, 0.15) is 39.5 Å². The second kappa shape index (κ2) is 5.24. The van der Waals surface area contributed by atoms with Crippen LogP contribution in [0.15, 0.2) is 18.2 Å². The first kappa shape index (κ1) is 13.7. The van der Waals surface area contributed by atoms with Gasteiger partial charge in [-0.3, -0.25) is 0 Å². The summed E-state index contributed by atoms with van der Waals surface area (Å²) in [5, 5.41) is 0. The first-order chi connectivity index (χ1) is 9.63. The van der Waals surface area contributed by atoms with E-state index in [9.17, 15) is 0 Å². The fraction of sp³-hybridized carbons (Fsp3) is 0.562. The molecule has 1 heterocycles. The molecule has 108 valence electrons. The van der Waals surface area contributed by atoms with Crippen LogP contribution >= 0.6 is 12.2 Å². The summed E-state index contributed by atoms with van der Waals surface area (Å²) in [4.78, 5) is 3.33. The minimum atomic E-state index is 0.410. The molecule has 0 bridgehead atoms. The number of hydrogen-bond donors (Lipinski definition) is 1. The molecule has 20 heavy (non-hydrogen) atoms. The average molecular weight is 290 g/mol. The lowest BCUT2D eigenvalue weighted by Gasteiger charge is -2.38. The van der Waals surface area contributed by atoms with Gasteiger partial charge in [-0.25, -0.2) is 0 Å². The standard InChI is InChI=1S/C16H22N2OS/c1-3-10-19-13-7-4-6-12-14(13)17-15(20)18(12)11-16(2)8-5-9-16/h4,6-7H,3,5,8-11H2,1-2H3,(H,17,20). The third kappa shape index (κ3) is 2.37. The van der Waals surface area contributed by atoms with Crippen LogP contribution in [0.4, 0.5) is 0 Å². The number of hydrogen-bond acceptors (Lipinski definition) is 2. The molecule has 3 nitrogen and oxygen atoms in total. The quantitative estimate of drug-likeness (QED) is 0.810. The summed E-state index contributed by atoms with van der Waals surface area (Å²) >= 11 is 5.52. The number of aromatic amines is 1. The number of nitrogens with one attached hydrogen (secondary N) is 1. The molecule has 1 aliphatic carbocycles. The first-order valence-corrected chi connectivity index (χ1v) is 7.88. The number of nitrogens with zero attached hydrogens (tertiary/aromatic N) is 1. The van der Waals surface area contributed by atoms with Crippen LogP contribution in [-0.2, 0) is 6.54 Å². The SMILES string of the molecule is CCCOc1cccc2c1[nH]c(=S)n2CC1(C)CCC1. The highest BCUT2D eigenvalue weighted by Gasteiger charge is 2.32. The van der Waals surface area contributed by atoms with E-state index in [1.165, 1.54) is 19.3 Å². The largest absolute Gasteiger partial charge is 0.491 e. The number of benzene rings is 1. The van der Waals surface area contributed by atoms with Crippen molar-refractivity contribution in [2.75, 3.05) is 6.61 Å². The van der Waals surface area contributed by atoms with Crippen molar-refractivity contribution in [2.24, 2.45) is 5.41 Å². The second-order valence-corrected chi connectivity index (χ2v) is 6.57. The summed E-state index contributed by atoms with van der Waals surface area (Å²) < 4.78 is 8.86. The second-order valence-electron chi connectivity index (χ2n) is 6.18. The lowest BCUT2D eigenvalue weighted by molar-refractivity contribution is 0.133. The highest BCUT2D eigenvalue weighted by molar-refractivity contribution is 7.71. The zero-order valence-electron chi connectivity index (χ0n) is 12.2. The normalized spacial score (nSPS) is 17.1. The smallest absolute Gasteiger partial charge is 0.178 e. The van der Waals surface area contributed by atoms with Gasteiger partial charge in [0, 0.05) is 6.54 Å². The number of imidazole rings is 1. The number of aromatic nitrogens is 2. The maximum absolute atomic E-state index is 5.82. The van der Waals surface area contributed by atoms with Crippen LogP contribution in [0.5, 0.6) is 5.75 Å². The Labute approximate surface area is 125 Å². The monoisotopic (exact) mass is 290 g/mol. The minimum Gasteiger partial charge on any atom is -0.491 e. The Kier molecular flexibility index (Phi) is 3.59. The van der Waals surface area contributed by atoms with Gasteiger partial charge >= 0.3 is 0 Å². The molecule has 0 amide bonds. The van der Waals surface area contributed by atoms with Gasteiger partial charge in [0.2, 0.25) is 0 Å². The number of fused-ring (bicyclic) bond motifs is 1. The Bertz CT molecular complexity index is 667. The van der Waals surface area contributed by atoms with Gasteiger partial charge in [0.15, 0.2) is 4.77 Å². The molecule has 0 saturated heterocycles. The van der Waals surface area contributed by atoms with Crippen molar-refractivity contribution in [1.29, 1.82) is 0 Å². The van der Waals surface area contributed by atoms with Crippen LogP contribution < -0.4 is 4.74 Å². The van der Waals surface area contributed by atoms with Crippen molar-refractivity contribution in [3.05, 3.63) is 23.0 Å². The fourth-order valence-electron chi connectivity index (χ4n) is 2.96. The third-order valence-electron chi connectivity index (χ3n) is 4.33. The van der Waals surface area contributed by atoms with Gasteiger partial charge in [-0.15, -0.1) is 0 Å². The highest BCUT2D eigenvalue weighted by atomic mass is 32.1. The molecule has 0 unspecified atom stereocenters. The van der Waals surface area contributed by atoms with Crippen molar-refractivity contribution in [2.45, 2.75) is 46.1 Å². The summed E-state index contributed by atoms with van der Waals surface area (Å²) in [6.45, 7) is 6.21. The van der Waals surface area contributed by atoms with Gasteiger partial charge < -0.3 is 14.3 Å². The van der Waals surface area contributed by atoms with Gasteiger partial charge in [0.05, 0.1) is 12.1 Å². The predicted octanol–water partition coefficient (Wildman–Crippen LogP) is 4.68. The zero-order valence-corrected chi connectivity index (χ0v) is 13.1. The lowest BCUT2D eigenvalue weighted by Crippen LogP contribution is -2.30. The van der Waals surface area contributed by atoms with E-state index in [-0.39, 0.29) is 0 Å². The summed E-state index contributed by atoms with van der Waals surface area (Å²) in [5.41, 5.74) is 2.61. The molecule has 1 N–H and O–H groups in total. The molecule has 1 aliphatic rings. The molecule has 0 spiro atoms. The minimum absolute atomic E-state index is 0.410. The molecular weight excluding hydrogens is 268 g/mol. The molecule has 0 radical (unpaired) electrons. The van der Waals surface area contributed by atoms with Gasteiger partial charge in [0.25, 0.3) is 0 Å². The van der Waals surface area contributed by atoms with Gasteiger partial charge in [-0.1, -0.05) is 26.3 Å². The van der Waals surface area contributed by atoms with Crippen molar-refractivity contribution in [3.8, 4) is 5.75 Å². The topological polar surface area (TPSA) is 29.9 Å². The van der Waals surface area contributed by atoms with E-state index in [2.05, 4.69) is 35.5 Å². The Morgan fingerprint density at radius 2 is 2.20 bits per heavy atom. The number of H-pyrrole nitrogens is 1.